The lowest BCUT2D eigenvalue weighted by Gasteiger charge is -2.34. The first kappa shape index (κ1) is 15.3. The van der Waals surface area contributed by atoms with Gasteiger partial charge in [-0.25, -0.2) is 4.79 Å². The Balaban J connectivity index is 2.19. The number of carboxylic acid groups (broad SMARTS) is 1. The molecule has 21 heavy (non-hydrogen) atoms. The third-order valence-corrected chi connectivity index (χ3v) is 4.09. The van der Waals surface area contributed by atoms with Crippen molar-refractivity contribution < 1.29 is 24.5 Å². The third kappa shape index (κ3) is 3.16. The van der Waals surface area contributed by atoms with Crippen molar-refractivity contribution in [3.05, 3.63) is 23.8 Å². The summed E-state index contributed by atoms with van der Waals surface area (Å²) in [5.74, 6) is -1.69. The first-order chi connectivity index (χ1) is 9.98. The van der Waals surface area contributed by atoms with Crippen LogP contribution in [-0.2, 0) is 9.53 Å². The van der Waals surface area contributed by atoms with Crippen LogP contribution in [0.15, 0.2) is 18.2 Å². The summed E-state index contributed by atoms with van der Waals surface area (Å²) in [7, 11) is 0. The Kier molecular flexibility index (Phi) is 4.47. The van der Waals surface area contributed by atoms with Gasteiger partial charge in [0.1, 0.15) is 11.3 Å². The molecule has 0 aliphatic carbocycles. The molecule has 1 aromatic rings. The number of ether oxygens (including phenoxy) is 1. The van der Waals surface area contributed by atoms with Crippen molar-refractivity contribution in [3.63, 3.8) is 0 Å². The fraction of sp³-hybridized carbons (Fsp3) is 0.467. The molecule has 6 heteroatoms. The molecule has 1 fully saturated rings. The number of carboxylic acids is 1. The van der Waals surface area contributed by atoms with Crippen LogP contribution in [0.3, 0.4) is 0 Å². The molecule has 1 aromatic carbocycles. The first-order valence-electron chi connectivity index (χ1n) is 6.94. The van der Waals surface area contributed by atoms with Gasteiger partial charge in [-0.15, -0.1) is 0 Å². The van der Waals surface area contributed by atoms with E-state index in [4.69, 9.17) is 9.84 Å². The van der Waals surface area contributed by atoms with Gasteiger partial charge in [0.25, 0.3) is 0 Å². The molecule has 2 rings (SSSR count). The highest BCUT2D eigenvalue weighted by Crippen LogP contribution is 2.35. The van der Waals surface area contributed by atoms with Gasteiger partial charge in [-0.3, -0.25) is 4.79 Å². The number of amides is 1. The molecule has 0 aromatic heterocycles. The predicted molar refractivity (Wildman–Crippen MR) is 76.5 cm³/mol. The van der Waals surface area contributed by atoms with Gasteiger partial charge in [0.2, 0.25) is 5.91 Å². The second kappa shape index (κ2) is 6.13. The zero-order valence-electron chi connectivity index (χ0n) is 11.9. The third-order valence-electron chi connectivity index (χ3n) is 4.09. The number of hydrogen-bond acceptors (Lipinski definition) is 4. The van der Waals surface area contributed by atoms with Gasteiger partial charge >= 0.3 is 5.97 Å². The lowest BCUT2D eigenvalue weighted by Crippen LogP contribution is -2.40. The molecule has 1 heterocycles. The monoisotopic (exact) mass is 293 g/mol. The summed E-state index contributed by atoms with van der Waals surface area (Å²) >= 11 is 0. The van der Waals surface area contributed by atoms with Gasteiger partial charge in [-0.2, -0.15) is 0 Å². The van der Waals surface area contributed by atoms with Crippen LogP contribution >= 0.6 is 0 Å². The Labute approximate surface area is 122 Å². The Morgan fingerprint density at radius 1 is 1.33 bits per heavy atom. The lowest BCUT2D eigenvalue weighted by atomic mass is 9.77. The van der Waals surface area contributed by atoms with E-state index in [-0.39, 0.29) is 17.2 Å². The molecular weight excluding hydrogens is 274 g/mol. The quantitative estimate of drug-likeness (QED) is 0.740. The Morgan fingerprint density at radius 2 is 2.00 bits per heavy atom. The van der Waals surface area contributed by atoms with E-state index in [0.717, 1.165) is 0 Å². The van der Waals surface area contributed by atoms with Crippen molar-refractivity contribution in [1.82, 2.24) is 0 Å². The normalized spacial score (nSPS) is 17.2. The second-order valence-electron chi connectivity index (χ2n) is 5.24. The average molecular weight is 293 g/mol. The molecule has 1 amide bonds. The fourth-order valence-corrected chi connectivity index (χ4v) is 2.55. The maximum absolute atomic E-state index is 12.5. The molecule has 1 saturated heterocycles. The summed E-state index contributed by atoms with van der Waals surface area (Å²) in [4.78, 5) is 23.5. The minimum atomic E-state index is -1.24. The zero-order valence-corrected chi connectivity index (χ0v) is 11.9. The van der Waals surface area contributed by atoms with Crippen LogP contribution in [0.1, 0.15) is 36.5 Å². The number of aromatic hydroxyl groups is 1. The number of carbonyl (C=O) groups is 2. The number of rotatable bonds is 4. The fourth-order valence-electron chi connectivity index (χ4n) is 2.55. The smallest absolute Gasteiger partial charge is 0.339 e. The van der Waals surface area contributed by atoms with E-state index in [1.54, 1.807) is 0 Å². The standard InChI is InChI=1S/C15H19NO5/c1-2-15(5-7-21-8-6-15)14(20)16-10-3-4-12(17)11(9-10)13(18)19/h3-4,9,17H,2,5-8H2,1H3,(H,16,20)(H,18,19). The van der Waals surface area contributed by atoms with Crippen molar-refractivity contribution in [1.29, 1.82) is 0 Å². The minimum Gasteiger partial charge on any atom is -0.507 e. The Morgan fingerprint density at radius 3 is 2.57 bits per heavy atom. The van der Waals surface area contributed by atoms with Crippen LogP contribution in [-0.4, -0.2) is 35.3 Å². The van der Waals surface area contributed by atoms with Crippen LogP contribution in [0, 0.1) is 5.41 Å². The number of anilines is 1. The van der Waals surface area contributed by atoms with Crippen LogP contribution < -0.4 is 5.32 Å². The number of hydrogen-bond donors (Lipinski definition) is 3. The van der Waals surface area contributed by atoms with E-state index in [2.05, 4.69) is 5.32 Å². The van der Waals surface area contributed by atoms with Gasteiger partial charge in [0.15, 0.2) is 0 Å². The molecular formula is C15H19NO5. The highest BCUT2D eigenvalue weighted by atomic mass is 16.5. The molecule has 6 nitrogen and oxygen atoms in total. The number of phenols is 1. The van der Waals surface area contributed by atoms with Crippen LogP contribution in [0.2, 0.25) is 0 Å². The van der Waals surface area contributed by atoms with Crippen LogP contribution in [0.5, 0.6) is 5.75 Å². The van der Waals surface area contributed by atoms with E-state index in [0.29, 0.717) is 38.2 Å². The van der Waals surface area contributed by atoms with Gasteiger partial charge in [0.05, 0.1) is 5.41 Å². The summed E-state index contributed by atoms with van der Waals surface area (Å²) in [6.07, 6.45) is 2.00. The molecule has 0 atom stereocenters. The predicted octanol–water partition coefficient (Wildman–Crippen LogP) is 2.24. The van der Waals surface area contributed by atoms with Crippen molar-refractivity contribution in [2.24, 2.45) is 5.41 Å². The van der Waals surface area contributed by atoms with Gasteiger partial charge in [-0.05, 0) is 37.5 Å². The summed E-state index contributed by atoms with van der Waals surface area (Å²) in [5, 5.41) is 21.2. The van der Waals surface area contributed by atoms with Gasteiger partial charge < -0.3 is 20.3 Å². The van der Waals surface area contributed by atoms with Crippen molar-refractivity contribution in [3.8, 4) is 5.75 Å². The topological polar surface area (TPSA) is 95.9 Å². The van der Waals surface area contributed by atoms with E-state index in [9.17, 15) is 14.7 Å². The molecule has 1 aliphatic rings. The van der Waals surface area contributed by atoms with Gasteiger partial charge in [0, 0.05) is 18.9 Å². The molecule has 0 unspecified atom stereocenters. The number of carbonyl (C=O) groups excluding carboxylic acids is 1. The van der Waals surface area contributed by atoms with Crippen molar-refractivity contribution >= 4 is 17.6 Å². The summed E-state index contributed by atoms with van der Waals surface area (Å²) in [5.41, 5.74) is -0.334. The largest absolute Gasteiger partial charge is 0.507 e. The van der Waals surface area contributed by atoms with Crippen LogP contribution in [0.4, 0.5) is 5.69 Å². The lowest BCUT2D eigenvalue weighted by molar-refractivity contribution is -0.131. The molecule has 1 aliphatic heterocycles. The van der Waals surface area contributed by atoms with Gasteiger partial charge in [-0.1, -0.05) is 6.92 Å². The van der Waals surface area contributed by atoms with Crippen LogP contribution in [0.25, 0.3) is 0 Å². The number of nitrogens with one attached hydrogen (secondary N) is 1. The van der Waals surface area contributed by atoms with Crippen molar-refractivity contribution in [2.75, 3.05) is 18.5 Å². The second-order valence-corrected chi connectivity index (χ2v) is 5.24. The SMILES string of the molecule is CCC1(C(=O)Nc2ccc(O)c(C(=O)O)c2)CCOCC1. The molecule has 0 saturated carbocycles. The Bertz CT molecular complexity index is 549. The van der Waals surface area contributed by atoms with E-state index >= 15 is 0 Å². The van der Waals surface area contributed by atoms with E-state index < -0.39 is 11.4 Å². The first-order valence-corrected chi connectivity index (χ1v) is 6.94. The average Bonchev–Trinajstić information content (AvgIpc) is 2.49. The highest BCUT2D eigenvalue weighted by Gasteiger charge is 2.38. The van der Waals surface area contributed by atoms with Crippen molar-refractivity contribution in [2.45, 2.75) is 26.2 Å². The summed E-state index contributed by atoms with van der Waals surface area (Å²) in [6.45, 7) is 3.07. The molecule has 114 valence electrons. The Hall–Kier alpha value is -2.08. The molecule has 0 radical (unpaired) electrons. The number of benzene rings is 1. The molecule has 0 spiro atoms. The zero-order chi connectivity index (χ0) is 15.5. The maximum atomic E-state index is 12.5. The molecule has 3 N–H and O–H groups in total. The number of aromatic carboxylic acids is 1. The summed E-state index contributed by atoms with van der Waals surface area (Å²) < 4.78 is 5.30. The van der Waals surface area contributed by atoms with E-state index in [1.165, 1.54) is 18.2 Å². The molecule has 0 bridgehead atoms. The summed E-state index contributed by atoms with van der Waals surface area (Å²) in [6, 6.07) is 4.02. The minimum absolute atomic E-state index is 0.129. The maximum Gasteiger partial charge on any atom is 0.339 e. The highest BCUT2D eigenvalue weighted by molar-refractivity contribution is 5.98. The van der Waals surface area contributed by atoms with E-state index in [1.807, 2.05) is 6.92 Å².